The first-order chi connectivity index (χ1) is 9.20. The molecule has 5 heteroatoms. The Morgan fingerprint density at radius 1 is 1.25 bits per heavy atom. The van der Waals surface area contributed by atoms with Gasteiger partial charge in [0.2, 0.25) is 0 Å². The third-order valence-corrected chi connectivity index (χ3v) is 2.84. The topological polar surface area (TPSA) is 75.6 Å². The standard InChI is InChI=1S/C15H21NO4/c1-10(14(18)19)16-13(17)9-20-12-7-5-11(6-8-12)15(2,3)4/h5-8,10H,9H2,1-4H3,(H,16,17)(H,18,19). The van der Waals surface area contributed by atoms with Gasteiger partial charge in [-0.25, -0.2) is 0 Å². The molecule has 1 amide bonds. The number of nitrogens with one attached hydrogen (secondary N) is 1. The highest BCUT2D eigenvalue weighted by Crippen LogP contribution is 2.24. The van der Waals surface area contributed by atoms with Crippen LogP contribution in [0.1, 0.15) is 33.3 Å². The van der Waals surface area contributed by atoms with Gasteiger partial charge in [-0.2, -0.15) is 0 Å². The SMILES string of the molecule is CC(NC(=O)COc1ccc(C(C)(C)C)cc1)C(=O)O. The predicted molar refractivity (Wildman–Crippen MR) is 75.9 cm³/mol. The van der Waals surface area contributed by atoms with Gasteiger partial charge in [-0.1, -0.05) is 32.9 Å². The lowest BCUT2D eigenvalue weighted by Gasteiger charge is -2.19. The maximum absolute atomic E-state index is 11.5. The molecule has 20 heavy (non-hydrogen) atoms. The van der Waals surface area contributed by atoms with Gasteiger partial charge in [0, 0.05) is 0 Å². The van der Waals surface area contributed by atoms with E-state index in [1.165, 1.54) is 12.5 Å². The third kappa shape index (κ3) is 4.91. The van der Waals surface area contributed by atoms with Crippen molar-refractivity contribution in [3.05, 3.63) is 29.8 Å². The fourth-order valence-electron chi connectivity index (χ4n) is 1.54. The first kappa shape index (κ1) is 16.0. The van der Waals surface area contributed by atoms with Crippen molar-refractivity contribution in [2.75, 3.05) is 6.61 Å². The molecule has 5 nitrogen and oxygen atoms in total. The average Bonchev–Trinajstić information content (AvgIpc) is 2.35. The van der Waals surface area contributed by atoms with Crippen molar-refractivity contribution >= 4 is 11.9 Å². The van der Waals surface area contributed by atoms with Crippen LogP contribution in [0, 0.1) is 0 Å². The Labute approximate surface area is 118 Å². The summed E-state index contributed by atoms with van der Waals surface area (Å²) in [6.07, 6.45) is 0. The van der Waals surface area contributed by atoms with Crippen molar-refractivity contribution in [3.8, 4) is 5.75 Å². The van der Waals surface area contributed by atoms with Crippen LogP contribution in [0.25, 0.3) is 0 Å². The number of carboxylic acids is 1. The lowest BCUT2D eigenvalue weighted by molar-refractivity contribution is -0.141. The molecule has 0 radical (unpaired) electrons. The van der Waals surface area contributed by atoms with E-state index in [0.29, 0.717) is 5.75 Å². The van der Waals surface area contributed by atoms with Crippen molar-refractivity contribution in [2.45, 2.75) is 39.2 Å². The molecule has 1 rings (SSSR count). The minimum atomic E-state index is -1.08. The first-order valence-electron chi connectivity index (χ1n) is 6.45. The fourth-order valence-corrected chi connectivity index (χ4v) is 1.54. The van der Waals surface area contributed by atoms with Gasteiger partial charge in [0.1, 0.15) is 11.8 Å². The Balaban J connectivity index is 2.50. The Morgan fingerprint density at radius 2 is 1.80 bits per heavy atom. The third-order valence-electron chi connectivity index (χ3n) is 2.84. The molecule has 0 saturated carbocycles. The van der Waals surface area contributed by atoms with Crippen LogP contribution in [0.2, 0.25) is 0 Å². The van der Waals surface area contributed by atoms with Gasteiger partial charge >= 0.3 is 5.97 Å². The molecule has 1 unspecified atom stereocenters. The highest BCUT2D eigenvalue weighted by Gasteiger charge is 2.15. The Hall–Kier alpha value is -2.04. The zero-order valence-corrected chi connectivity index (χ0v) is 12.3. The van der Waals surface area contributed by atoms with Gasteiger partial charge in [-0.05, 0) is 30.0 Å². The van der Waals surface area contributed by atoms with E-state index in [1.54, 1.807) is 12.1 Å². The number of rotatable bonds is 5. The number of carbonyl (C=O) groups is 2. The van der Waals surface area contributed by atoms with Crippen molar-refractivity contribution in [3.63, 3.8) is 0 Å². The van der Waals surface area contributed by atoms with Gasteiger partial charge < -0.3 is 15.2 Å². The molecule has 1 atom stereocenters. The molecule has 0 fully saturated rings. The van der Waals surface area contributed by atoms with Crippen molar-refractivity contribution in [1.82, 2.24) is 5.32 Å². The molecule has 0 spiro atoms. The zero-order chi connectivity index (χ0) is 15.3. The summed E-state index contributed by atoms with van der Waals surface area (Å²) < 4.78 is 5.31. The average molecular weight is 279 g/mol. The molecular weight excluding hydrogens is 258 g/mol. The quantitative estimate of drug-likeness (QED) is 0.864. The second-order valence-corrected chi connectivity index (χ2v) is 5.69. The van der Waals surface area contributed by atoms with E-state index in [0.717, 1.165) is 0 Å². The van der Waals surface area contributed by atoms with Gasteiger partial charge in [-0.15, -0.1) is 0 Å². The van der Waals surface area contributed by atoms with E-state index in [-0.39, 0.29) is 12.0 Å². The largest absolute Gasteiger partial charge is 0.484 e. The van der Waals surface area contributed by atoms with Crippen molar-refractivity contribution in [2.24, 2.45) is 0 Å². The number of benzene rings is 1. The highest BCUT2D eigenvalue weighted by molar-refractivity contribution is 5.84. The van der Waals surface area contributed by atoms with Crippen LogP contribution in [0.4, 0.5) is 0 Å². The molecule has 0 aromatic heterocycles. The van der Waals surface area contributed by atoms with Crippen LogP contribution >= 0.6 is 0 Å². The summed E-state index contributed by atoms with van der Waals surface area (Å²) in [5.74, 6) is -0.955. The molecule has 2 N–H and O–H groups in total. The molecule has 110 valence electrons. The summed E-state index contributed by atoms with van der Waals surface area (Å²) in [5, 5.41) is 11.0. The minimum absolute atomic E-state index is 0.0623. The first-order valence-corrected chi connectivity index (χ1v) is 6.45. The molecule has 0 heterocycles. The van der Waals surface area contributed by atoms with E-state index >= 15 is 0 Å². The second-order valence-electron chi connectivity index (χ2n) is 5.69. The van der Waals surface area contributed by atoms with Gasteiger partial charge in [0.25, 0.3) is 5.91 Å². The van der Waals surface area contributed by atoms with Crippen LogP contribution in [-0.4, -0.2) is 29.6 Å². The van der Waals surface area contributed by atoms with Crippen LogP contribution < -0.4 is 10.1 Å². The Morgan fingerprint density at radius 3 is 2.25 bits per heavy atom. The smallest absolute Gasteiger partial charge is 0.325 e. The highest BCUT2D eigenvalue weighted by atomic mass is 16.5. The number of carbonyl (C=O) groups excluding carboxylic acids is 1. The number of amides is 1. The monoisotopic (exact) mass is 279 g/mol. The van der Waals surface area contributed by atoms with Crippen LogP contribution in [-0.2, 0) is 15.0 Å². The van der Waals surface area contributed by atoms with E-state index in [1.807, 2.05) is 12.1 Å². The zero-order valence-electron chi connectivity index (χ0n) is 12.3. The molecule has 0 aliphatic heterocycles. The predicted octanol–water partition coefficient (Wildman–Crippen LogP) is 1.95. The van der Waals surface area contributed by atoms with E-state index in [9.17, 15) is 9.59 Å². The molecule has 0 saturated heterocycles. The normalized spacial score (nSPS) is 12.6. The van der Waals surface area contributed by atoms with E-state index in [4.69, 9.17) is 9.84 Å². The molecule has 0 bridgehead atoms. The maximum atomic E-state index is 11.5. The fraction of sp³-hybridized carbons (Fsp3) is 0.467. The molecule has 1 aromatic rings. The van der Waals surface area contributed by atoms with Crippen LogP contribution in [0.5, 0.6) is 5.75 Å². The van der Waals surface area contributed by atoms with Crippen LogP contribution in [0.3, 0.4) is 0 Å². The summed E-state index contributed by atoms with van der Waals surface area (Å²) in [6, 6.07) is 6.58. The minimum Gasteiger partial charge on any atom is -0.484 e. The number of hydrogen-bond acceptors (Lipinski definition) is 3. The summed E-state index contributed by atoms with van der Waals surface area (Å²) in [4.78, 5) is 22.0. The van der Waals surface area contributed by atoms with Gasteiger partial charge in [-0.3, -0.25) is 9.59 Å². The molecule has 1 aromatic carbocycles. The number of carboxylic acid groups (broad SMARTS) is 1. The Bertz CT molecular complexity index is 474. The van der Waals surface area contributed by atoms with Gasteiger partial charge in [0.15, 0.2) is 6.61 Å². The lowest BCUT2D eigenvalue weighted by Crippen LogP contribution is -2.40. The Kier molecular flexibility index (Phi) is 5.13. The van der Waals surface area contributed by atoms with Crippen molar-refractivity contribution in [1.29, 1.82) is 0 Å². The van der Waals surface area contributed by atoms with E-state index < -0.39 is 17.9 Å². The maximum Gasteiger partial charge on any atom is 0.325 e. The van der Waals surface area contributed by atoms with E-state index in [2.05, 4.69) is 26.1 Å². The van der Waals surface area contributed by atoms with Gasteiger partial charge in [0.05, 0.1) is 0 Å². The summed E-state index contributed by atoms with van der Waals surface area (Å²) in [7, 11) is 0. The van der Waals surface area contributed by atoms with Crippen molar-refractivity contribution < 1.29 is 19.4 Å². The molecule has 0 aliphatic rings. The molecular formula is C15H21NO4. The number of aliphatic carboxylic acids is 1. The lowest BCUT2D eigenvalue weighted by atomic mass is 9.87. The summed E-state index contributed by atoms with van der Waals surface area (Å²) >= 11 is 0. The summed E-state index contributed by atoms with van der Waals surface area (Å²) in [5.41, 5.74) is 1.24. The van der Waals surface area contributed by atoms with Crippen LogP contribution in [0.15, 0.2) is 24.3 Å². The molecule has 0 aliphatic carbocycles. The number of ether oxygens (including phenoxy) is 1. The second kappa shape index (κ2) is 6.41. The number of hydrogen-bond donors (Lipinski definition) is 2. The summed E-state index contributed by atoms with van der Waals surface area (Å²) in [6.45, 7) is 7.54.